The Hall–Kier alpha value is -1.85. The number of benzene rings is 1. The maximum absolute atomic E-state index is 12.6. The standard InChI is InChI=1S/C12H12F3NO2/c1-8(17)6-7-11(18)16-10-5-3-2-4-9(10)12(13,14)15/h2-5H,6-7H2,1H3,(H,16,18). The molecule has 18 heavy (non-hydrogen) atoms. The molecule has 0 saturated carbocycles. The second-order valence-electron chi connectivity index (χ2n) is 3.79. The number of hydrogen-bond donors (Lipinski definition) is 1. The van der Waals surface area contributed by atoms with Crippen molar-refractivity contribution in [1.29, 1.82) is 0 Å². The van der Waals surface area contributed by atoms with Gasteiger partial charge in [0.25, 0.3) is 0 Å². The van der Waals surface area contributed by atoms with Gasteiger partial charge in [0, 0.05) is 12.8 Å². The van der Waals surface area contributed by atoms with Gasteiger partial charge >= 0.3 is 6.18 Å². The van der Waals surface area contributed by atoms with E-state index in [0.29, 0.717) is 0 Å². The lowest BCUT2D eigenvalue weighted by molar-refractivity contribution is -0.137. The van der Waals surface area contributed by atoms with Gasteiger partial charge in [0.1, 0.15) is 5.78 Å². The fourth-order valence-corrected chi connectivity index (χ4v) is 1.34. The summed E-state index contributed by atoms with van der Waals surface area (Å²) in [6, 6.07) is 4.71. The van der Waals surface area contributed by atoms with Crippen molar-refractivity contribution in [3.8, 4) is 0 Å². The summed E-state index contributed by atoms with van der Waals surface area (Å²) >= 11 is 0. The molecule has 0 aliphatic heterocycles. The van der Waals surface area contributed by atoms with Crippen LogP contribution in [0.25, 0.3) is 0 Å². The predicted octanol–water partition coefficient (Wildman–Crippen LogP) is 3.01. The van der Waals surface area contributed by atoms with E-state index in [4.69, 9.17) is 0 Å². The van der Waals surface area contributed by atoms with Crippen molar-refractivity contribution in [1.82, 2.24) is 0 Å². The molecule has 0 unspecified atom stereocenters. The number of Topliss-reactive ketones (excluding diaryl/α,β-unsaturated/α-hetero) is 1. The van der Waals surface area contributed by atoms with Gasteiger partial charge in [-0.15, -0.1) is 0 Å². The Bertz CT molecular complexity index is 455. The topological polar surface area (TPSA) is 46.2 Å². The average molecular weight is 259 g/mol. The number of carbonyl (C=O) groups excluding carboxylic acids is 2. The second-order valence-corrected chi connectivity index (χ2v) is 3.79. The van der Waals surface area contributed by atoms with Crippen LogP contribution in [0.5, 0.6) is 0 Å². The van der Waals surface area contributed by atoms with Gasteiger partial charge in [-0.1, -0.05) is 12.1 Å². The number of para-hydroxylation sites is 1. The zero-order valence-corrected chi connectivity index (χ0v) is 9.67. The van der Waals surface area contributed by atoms with Crippen LogP contribution in [0.2, 0.25) is 0 Å². The summed E-state index contributed by atoms with van der Waals surface area (Å²) in [7, 11) is 0. The van der Waals surface area contributed by atoms with Gasteiger partial charge in [-0.05, 0) is 19.1 Å². The SMILES string of the molecule is CC(=O)CCC(=O)Nc1ccccc1C(F)(F)F. The van der Waals surface area contributed by atoms with E-state index in [1.165, 1.54) is 25.1 Å². The molecule has 1 aromatic carbocycles. The van der Waals surface area contributed by atoms with Crippen LogP contribution in [-0.4, -0.2) is 11.7 Å². The molecule has 0 atom stereocenters. The van der Waals surface area contributed by atoms with E-state index in [2.05, 4.69) is 5.32 Å². The molecule has 0 heterocycles. The van der Waals surface area contributed by atoms with Crippen LogP contribution in [0.4, 0.5) is 18.9 Å². The molecule has 3 nitrogen and oxygen atoms in total. The fourth-order valence-electron chi connectivity index (χ4n) is 1.34. The van der Waals surface area contributed by atoms with Gasteiger partial charge in [0.05, 0.1) is 11.3 Å². The monoisotopic (exact) mass is 259 g/mol. The largest absolute Gasteiger partial charge is 0.418 e. The summed E-state index contributed by atoms with van der Waals surface area (Å²) in [4.78, 5) is 22.0. The molecule has 0 aliphatic rings. The third kappa shape index (κ3) is 4.20. The van der Waals surface area contributed by atoms with Crippen molar-refractivity contribution in [2.45, 2.75) is 25.9 Å². The minimum absolute atomic E-state index is 0.0139. The quantitative estimate of drug-likeness (QED) is 0.903. The maximum Gasteiger partial charge on any atom is 0.418 e. The second kappa shape index (κ2) is 5.66. The van der Waals surface area contributed by atoms with Crippen LogP contribution >= 0.6 is 0 Å². The van der Waals surface area contributed by atoms with E-state index in [9.17, 15) is 22.8 Å². The van der Waals surface area contributed by atoms with Crippen LogP contribution in [0.3, 0.4) is 0 Å². The van der Waals surface area contributed by atoms with Crippen molar-refractivity contribution in [3.05, 3.63) is 29.8 Å². The summed E-state index contributed by atoms with van der Waals surface area (Å²) in [5.74, 6) is -0.795. The van der Waals surface area contributed by atoms with Crippen molar-refractivity contribution in [3.63, 3.8) is 0 Å². The van der Waals surface area contributed by atoms with Gasteiger partial charge in [0.2, 0.25) is 5.91 Å². The van der Waals surface area contributed by atoms with Gasteiger partial charge < -0.3 is 10.1 Å². The van der Waals surface area contributed by atoms with Crippen LogP contribution < -0.4 is 5.32 Å². The first-order valence-electron chi connectivity index (χ1n) is 5.26. The summed E-state index contributed by atoms with van der Waals surface area (Å²) in [5.41, 5.74) is -1.19. The molecular weight excluding hydrogens is 247 g/mol. The number of rotatable bonds is 4. The van der Waals surface area contributed by atoms with E-state index in [0.717, 1.165) is 6.07 Å². The Kier molecular flexibility index (Phi) is 4.47. The molecule has 0 spiro atoms. The third-order valence-electron chi connectivity index (χ3n) is 2.21. The maximum atomic E-state index is 12.6. The highest BCUT2D eigenvalue weighted by Gasteiger charge is 2.33. The third-order valence-corrected chi connectivity index (χ3v) is 2.21. The number of ketones is 1. The Morgan fingerprint density at radius 2 is 1.78 bits per heavy atom. The first kappa shape index (κ1) is 14.2. The molecular formula is C12H12F3NO2. The highest BCUT2D eigenvalue weighted by atomic mass is 19.4. The van der Waals surface area contributed by atoms with Gasteiger partial charge in [-0.3, -0.25) is 4.79 Å². The Balaban J connectivity index is 2.79. The lowest BCUT2D eigenvalue weighted by Gasteiger charge is -2.13. The number of halogens is 3. The molecule has 6 heteroatoms. The first-order chi connectivity index (χ1) is 8.30. The summed E-state index contributed by atoms with van der Waals surface area (Å²) in [5, 5.41) is 2.16. The van der Waals surface area contributed by atoms with E-state index >= 15 is 0 Å². The number of anilines is 1. The molecule has 0 fully saturated rings. The number of amides is 1. The fraction of sp³-hybridized carbons (Fsp3) is 0.333. The minimum Gasteiger partial charge on any atom is -0.325 e. The average Bonchev–Trinajstić information content (AvgIpc) is 2.25. The Labute approximate surface area is 102 Å². The molecule has 0 bridgehead atoms. The van der Waals surface area contributed by atoms with E-state index in [1.807, 2.05) is 0 Å². The van der Waals surface area contributed by atoms with Gasteiger partial charge in [0.15, 0.2) is 0 Å². The molecule has 1 aromatic rings. The summed E-state index contributed by atoms with van der Waals surface area (Å²) < 4.78 is 37.8. The summed E-state index contributed by atoms with van der Waals surface area (Å²) in [6.45, 7) is 1.32. The zero-order valence-electron chi connectivity index (χ0n) is 9.67. The van der Waals surface area contributed by atoms with E-state index < -0.39 is 17.6 Å². The lowest BCUT2D eigenvalue weighted by atomic mass is 10.1. The number of alkyl halides is 3. The van der Waals surface area contributed by atoms with E-state index in [1.54, 1.807) is 0 Å². The predicted molar refractivity (Wildman–Crippen MR) is 60.0 cm³/mol. The molecule has 1 amide bonds. The van der Waals surface area contributed by atoms with Crippen LogP contribution in [-0.2, 0) is 15.8 Å². The smallest absolute Gasteiger partial charge is 0.325 e. The van der Waals surface area contributed by atoms with Crippen molar-refractivity contribution >= 4 is 17.4 Å². The Morgan fingerprint density at radius 1 is 1.17 bits per heavy atom. The molecule has 0 saturated heterocycles. The van der Waals surface area contributed by atoms with Crippen LogP contribution in [0.1, 0.15) is 25.3 Å². The summed E-state index contributed by atoms with van der Waals surface area (Å²) in [6.07, 6.45) is -4.63. The first-order valence-corrected chi connectivity index (χ1v) is 5.26. The number of carbonyl (C=O) groups is 2. The normalized spacial score (nSPS) is 11.1. The molecule has 1 N–H and O–H groups in total. The van der Waals surface area contributed by atoms with Crippen molar-refractivity contribution in [2.75, 3.05) is 5.32 Å². The van der Waals surface area contributed by atoms with Crippen LogP contribution in [0, 0.1) is 0 Å². The molecule has 1 rings (SSSR count). The molecule has 0 aromatic heterocycles. The van der Waals surface area contributed by atoms with Gasteiger partial charge in [-0.2, -0.15) is 13.2 Å². The Morgan fingerprint density at radius 3 is 2.33 bits per heavy atom. The highest BCUT2D eigenvalue weighted by molar-refractivity contribution is 5.93. The minimum atomic E-state index is -4.52. The molecule has 0 aliphatic carbocycles. The lowest BCUT2D eigenvalue weighted by Crippen LogP contribution is -2.16. The van der Waals surface area contributed by atoms with E-state index in [-0.39, 0.29) is 24.3 Å². The van der Waals surface area contributed by atoms with Crippen LogP contribution in [0.15, 0.2) is 24.3 Å². The highest BCUT2D eigenvalue weighted by Crippen LogP contribution is 2.34. The van der Waals surface area contributed by atoms with Crippen molar-refractivity contribution < 1.29 is 22.8 Å². The number of nitrogens with one attached hydrogen (secondary N) is 1. The molecule has 0 radical (unpaired) electrons. The zero-order chi connectivity index (χ0) is 13.8. The van der Waals surface area contributed by atoms with Gasteiger partial charge in [-0.25, -0.2) is 0 Å². The number of hydrogen-bond acceptors (Lipinski definition) is 2. The van der Waals surface area contributed by atoms with Crippen molar-refractivity contribution in [2.24, 2.45) is 0 Å². The molecule has 98 valence electrons.